The molecule has 0 saturated heterocycles. The molecule has 0 radical (unpaired) electrons. The summed E-state index contributed by atoms with van der Waals surface area (Å²) in [6.07, 6.45) is 15.0. The molecule has 1 nitrogen and oxygen atoms in total. The van der Waals surface area contributed by atoms with Gasteiger partial charge in [-0.15, -0.1) is 0 Å². The van der Waals surface area contributed by atoms with Gasteiger partial charge in [-0.05, 0) is 132 Å². The van der Waals surface area contributed by atoms with E-state index in [0.717, 1.165) is 6.42 Å². The molecule has 0 spiro atoms. The molecule has 314 valence electrons. The minimum Gasteiger partial charge on any atom is -0.310 e. The van der Waals surface area contributed by atoms with Gasteiger partial charge in [0.15, 0.2) is 0 Å². The van der Waals surface area contributed by atoms with Gasteiger partial charge in [0.2, 0.25) is 0 Å². The van der Waals surface area contributed by atoms with E-state index in [-0.39, 0.29) is 10.8 Å². The number of anilines is 3. The zero-order valence-electron chi connectivity index (χ0n) is 37.7. The maximum absolute atomic E-state index is 2.49. The maximum Gasteiger partial charge on any atom is 0.0713 e. The van der Waals surface area contributed by atoms with Gasteiger partial charge in [0.25, 0.3) is 0 Å². The van der Waals surface area contributed by atoms with Gasteiger partial charge in [-0.3, -0.25) is 0 Å². The van der Waals surface area contributed by atoms with E-state index < -0.39 is 5.41 Å². The van der Waals surface area contributed by atoms with Crippen LogP contribution < -0.4 is 4.90 Å². The molecule has 1 heteroatoms. The van der Waals surface area contributed by atoms with Crippen LogP contribution in [-0.2, 0) is 16.2 Å². The van der Waals surface area contributed by atoms with Crippen LogP contribution in [-0.4, -0.2) is 0 Å². The average Bonchev–Trinajstić information content (AvgIpc) is 3.90. The van der Waals surface area contributed by atoms with Crippen LogP contribution in [0.5, 0.6) is 0 Å². The SMILES string of the molecule is CCC1(C)c2cc(/C=C/c3cccc4c3-c3ccccc3C4(c3ccccc3)c3ccccc3)ccc2-c2ccc(N(c3ccccc3)c3ccc4c(c3)C3C=CC=CC3C4(C)C)cc21. The zero-order valence-corrected chi connectivity index (χ0v) is 37.7. The molecule has 4 aliphatic carbocycles. The van der Waals surface area contributed by atoms with Crippen LogP contribution in [0.1, 0.15) is 95.7 Å². The first-order valence-electron chi connectivity index (χ1n) is 23.5. The molecular formula is C64H53N. The molecule has 8 aromatic rings. The molecule has 0 saturated carbocycles. The van der Waals surface area contributed by atoms with Gasteiger partial charge in [-0.25, -0.2) is 0 Å². The third kappa shape index (κ3) is 5.77. The lowest BCUT2D eigenvalue weighted by molar-refractivity contribution is 0.394. The molecule has 65 heavy (non-hydrogen) atoms. The van der Waals surface area contributed by atoms with Crippen molar-refractivity contribution in [3.63, 3.8) is 0 Å². The summed E-state index contributed by atoms with van der Waals surface area (Å²) in [5, 5.41) is 0. The van der Waals surface area contributed by atoms with E-state index in [9.17, 15) is 0 Å². The summed E-state index contributed by atoms with van der Waals surface area (Å²) in [6, 6.07) is 70.6. The van der Waals surface area contributed by atoms with Crippen molar-refractivity contribution < 1.29 is 0 Å². The van der Waals surface area contributed by atoms with Crippen molar-refractivity contribution in [2.24, 2.45) is 5.92 Å². The van der Waals surface area contributed by atoms with Gasteiger partial charge in [-0.2, -0.15) is 0 Å². The van der Waals surface area contributed by atoms with Crippen molar-refractivity contribution >= 4 is 29.2 Å². The van der Waals surface area contributed by atoms with Crippen LogP contribution >= 0.6 is 0 Å². The molecule has 3 unspecified atom stereocenters. The number of allylic oxidation sites excluding steroid dienone is 4. The van der Waals surface area contributed by atoms with Gasteiger partial charge in [0.05, 0.1) is 5.41 Å². The predicted molar refractivity (Wildman–Crippen MR) is 274 cm³/mol. The topological polar surface area (TPSA) is 3.24 Å². The van der Waals surface area contributed by atoms with Gasteiger partial charge in [0, 0.05) is 28.4 Å². The van der Waals surface area contributed by atoms with Crippen LogP contribution in [0.25, 0.3) is 34.4 Å². The van der Waals surface area contributed by atoms with Crippen molar-refractivity contribution in [1.29, 1.82) is 0 Å². The van der Waals surface area contributed by atoms with Crippen molar-refractivity contribution in [3.8, 4) is 22.3 Å². The Hall–Kier alpha value is -7.22. The zero-order chi connectivity index (χ0) is 43.9. The third-order valence-electron chi connectivity index (χ3n) is 15.8. The summed E-state index contributed by atoms with van der Waals surface area (Å²) in [6.45, 7) is 9.63. The Morgan fingerprint density at radius 2 is 1.09 bits per heavy atom. The van der Waals surface area contributed by atoms with Crippen molar-refractivity contribution in [2.45, 2.75) is 56.3 Å². The lowest BCUT2D eigenvalue weighted by atomic mass is 9.67. The van der Waals surface area contributed by atoms with Gasteiger partial charge in [-0.1, -0.05) is 216 Å². The smallest absolute Gasteiger partial charge is 0.0713 e. The van der Waals surface area contributed by atoms with E-state index in [1.807, 2.05) is 0 Å². The number of benzene rings is 8. The number of rotatable bonds is 8. The summed E-state index contributed by atoms with van der Waals surface area (Å²) in [5.74, 6) is 0.856. The Kier molecular flexibility index (Phi) is 9.04. The molecule has 12 rings (SSSR count). The lowest BCUT2D eigenvalue weighted by Crippen LogP contribution is -2.28. The van der Waals surface area contributed by atoms with Crippen LogP contribution in [0.4, 0.5) is 17.1 Å². The monoisotopic (exact) mass is 835 g/mol. The van der Waals surface area contributed by atoms with E-state index in [1.54, 1.807) is 0 Å². The fourth-order valence-electron chi connectivity index (χ4n) is 12.4. The van der Waals surface area contributed by atoms with Crippen molar-refractivity contribution in [2.75, 3.05) is 4.90 Å². The van der Waals surface area contributed by atoms with Gasteiger partial charge >= 0.3 is 0 Å². The molecule has 4 aliphatic rings. The lowest BCUT2D eigenvalue weighted by Gasteiger charge is -2.33. The molecule has 0 bridgehead atoms. The molecule has 0 fully saturated rings. The second-order valence-electron chi connectivity index (χ2n) is 19.3. The standard InChI is InChI=1S/C64H53N/c1-5-63(4)59-40-43(32-34-44-20-19-31-58-61(44)53-28-16-18-30-57(53)64(58,45-21-9-6-10-22-45)46-23-11-7-12-24-46)33-37-51(59)52-38-35-49(42-60(52)63)65(47-25-13-8-14-26-47)48-36-39-56-54(41-48)50-27-15-17-29-55(50)62(56,2)3/h6-42,50,55H,5H2,1-4H3/b34-32+. The second kappa shape index (κ2) is 14.9. The Balaban J connectivity index is 0.931. The summed E-state index contributed by atoms with van der Waals surface area (Å²) in [5.41, 5.74) is 21.8. The molecule has 3 atom stereocenters. The van der Waals surface area contributed by atoms with Crippen LogP contribution in [0.15, 0.2) is 212 Å². The first-order valence-corrected chi connectivity index (χ1v) is 23.5. The van der Waals surface area contributed by atoms with E-state index in [1.165, 1.54) is 95.0 Å². The normalized spacial score (nSPS) is 19.9. The number of fused-ring (bicyclic) bond motifs is 9. The summed E-state index contributed by atoms with van der Waals surface area (Å²) in [4.78, 5) is 2.47. The highest BCUT2D eigenvalue weighted by Crippen LogP contribution is 2.58. The fourth-order valence-corrected chi connectivity index (χ4v) is 12.4. The van der Waals surface area contributed by atoms with Crippen molar-refractivity contribution in [1.82, 2.24) is 0 Å². The predicted octanol–water partition coefficient (Wildman–Crippen LogP) is 16.5. The second-order valence-corrected chi connectivity index (χ2v) is 19.3. The summed E-state index contributed by atoms with van der Waals surface area (Å²) >= 11 is 0. The number of para-hydroxylation sites is 1. The van der Waals surface area contributed by atoms with Gasteiger partial charge in [0.1, 0.15) is 0 Å². The van der Waals surface area contributed by atoms with E-state index in [2.05, 4.69) is 257 Å². The van der Waals surface area contributed by atoms with Gasteiger partial charge < -0.3 is 4.90 Å². The number of nitrogens with zero attached hydrogens (tertiary/aromatic N) is 1. The third-order valence-corrected chi connectivity index (χ3v) is 15.8. The highest BCUT2D eigenvalue weighted by Gasteiger charge is 2.47. The molecule has 0 heterocycles. The Morgan fingerprint density at radius 3 is 1.83 bits per heavy atom. The summed E-state index contributed by atoms with van der Waals surface area (Å²) < 4.78 is 0. The van der Waals surface area contributed by atoms with E-state index in [0.29, 0.717) is 11.8 Å². The largest absolute Gasteiger partial charge is 0.310 e. The highest BCUT2D eigenvalue weighted by molar-refractivity contribution is 5.93. The van der Waals surface area contributed by atoms with Crippen LogP contribution in [0, 0.1) is 5.92 Å². The average molecular weight is 836 g/mol. The van der Waals surface area contributed by atoms with Crippen LogP contribution in [0.2, 0.25) is 0 Å². The maximum atomic E-state index is 2.49. The minimum atomic E-state index is -0.416. The minimum absolute atomic E-state index is 0.0802. The molecule has 0 N–H and O–H groups in total. The number of hydrogen-bond acceptors (Lipinski definition) is 1. The first kappa shape index (κ1) is 39.4. The molecule has 8 aromatic carbocycles. The Bertz CT molecular complexity index is 3200. The molecule has 0 aliphatic heterocycles. The molecule has 0 aromatic heterocycles. The molecule has 0 amide bonds. The quantitative estimate of drug-likeness (QED) is 0.138. The van der Waals surface area contributed by atoms with Crippen molar-refractivity contribution in [3.05, 3.63) is 268 Å². The van der Waals surface area contributed by atoms with E-state index in [4.69, 9.17) is 0 Å². The first-order chi connectivity index (χ1) is 31.8. The Morgan fingerprint density at radius 1 is 0.477 bits per heavy atom. The fraction of sp³-hybridized carbons (Fsp3) is 0.156. The van der Waals surface area contributed by atoms with E-state index >= 15 is 0 Å². The van der Waals surface area contributed by atoms with Crippen LogP contribution in [0.3, 0.4) is 0 Å². The molecular weight excluding hydrogens is 783 g/mol. The Labute approximate surface area is 384 Å². The number of hydrogen-bond donors (Lipinski definition) is 0. The highest BCUT2D eigenvalue weighted by atomic mass is 15.1. The summed E-state index contributed by atoms with van der Waals surface area (Å²) in [7, 11) is 0.